The fourth-order valence-corrected chi connectivity index (χ4v) is 1.54. The highest BCUT2D eigenvalue weighted by molar-refractivity contribution is 9.10. The van der Waals surface area contributed by atoms with Crippen molar-refractivity contribution in [1.82, 2.24) is 10.2 Å². The van der Waals surface area contributed by atoms with E-state index >= 15 is 0 Å². The summed E-state index contributed by atoms with van der Waals surface area (Å²) < 4.78 is 6.55. The number of aromatic nitrogens is 2. The second kappa shape index (κ2) is 5.75. The number of hydrogen-bond donors (Lipinski definition) is 1. The molecule has 5 heteroatoms. The average Bonchev–Trinajstić information content (AvgIpc) is 2.39. The summed E-state index contributed by atoms with van der Waals surface area (Å²) in [5.74, 6) is 0.505. The van der Waals surface area contributed by atoms with Gasteiger partial charge in [0.25, 0.3) is 0 Å². The molecule has 2 rings (SSSR count). The Morgan fingerprint density at radius 2 is 1.82 bits per heavy atom. The Labute approximate surface area is 108 Å². The van der Waals surface area contributed by atoms with Crippen molar-refractivity contribution in [3.8, 4) is 5.88 Å². The largest absolute Gasteiger partial charge is 0.472 e. The number of nitrogens with zero attached hydrogens (tertiary/aromatic N) is 2. The van der Waals surface area contributed by atoms with Gasteiger partial charge in [0.15, 0.2) is 0 Å². The number of ether oxygens (including phenoxy) is 1. The van der Waals surface area contributed by atoms with Crippen molar-refractivity contribution in [3.05, 3.63) is 52.1 Å². The maximum atomic E-state index is 5.50. The lowest BCUT2D eigenvalue weighted by atomic mass is 10.2. The summed E-state index contributed by atoms with van der Waals surface area (Å²) >= 11 is 3.38. The van der Waals surface area contributed by atoms with E-state index in [2.05, 4.69) is 26.1 Å². The van der Waals surface area contributed by atoms with Crippen LogP contribution in [0.3, 0.4) is 0 Å². The Morgan fingerprint density at radius 1 is 1.06 bits per heavy atom. The molecule has 0 aliphatic heterocycles. The number of rotatable bonds is 4. The number of benzene rings is 1. The molecule has 1 heterocycles. The average molecular weight is 294 g/mol. The van der Waals surface area contributed by atoms with Crippen LogP contribution in [0.2, 0.25) is 0 Å². The monoisotopic (exact) mass is 293 g/mol. The molecule has 0 spiro atoms. The van der Waals surface area contributed by atoms with E-state index in [4.69, 9.17) is 10.5 Å². The number of hydrogen-bond acceptors (Lipinski definition) is 4. The Bertz CT molecular complexity index is 470. The van der Waals surface area contributed by atoms with Crippen molar-refractivity contribution >= 4 is 15.9 Å². The summed E-state index contributed by atoms with van der Waals surface area (Å²) in [5.41, 5.74) is 7.26. The first-order valence-electron chi connectivity index (χ1n) is 5.18. The van der Waals surface area contributed by atoms with Crippen molar-refractivity contribution in [3.63, 3.8) is 0 Å². The van der Waals surface area contributed by atoms with E-state index in [0.29, 0.717) is 19.0 Å². The Kier molecular flexibility index (Phi) is 4.06. The number of nitrogens with two attached hydrogens (primary N) is 1. The Hall–Kier alpha value is -1.46. The highest BCUT2D eigenvalue weighted by Crippen LogP contribution is 2.12. The van der Waals surface area contributed by atoms with E-state index in [1.807, 2.05) is 30.3 Å². The molecule has 88 valence electrons. The third kappa shape index (κ3) is 3.51. The second-order valence-corrected chi connectivity index (χ2v) is 4.40. The molecule has 1 aromatic carbocycles. The molecule has 0 unspecified atom stereocenters. The lowest BCUT2D eigenvalue weighted by Gasteiger charge is -2.05. The maximum Gasteiger partial charge on any atom is 0.233 e. The molecular weight excluding hydrogens is 282 g/mol. The number of halogens is 1. The molecule has 17 heavy (non-hydrogen) atoms. The molecule has 1 aromatic heterocycles. The van der Waals surface area contributed by atoms with Crippen LogP contribution in [0.5, 0.6) is 5.88 Å². The van der Waals surface area contributed by atoms with Gasteiger partial charge in [-0.1, -0.05) is 28.1 Å². The quantitative estimate of drug-likeness (QED) is 0.939. The molecule has 2 aromatic rings. The minimum atomic E-state index is 0.389. The van der Waals surface area contributed by atoms with E-state index < -0.39 is 0 Å². The first-order chi connectivity index (χ1) is 8.28. The third-order valence-corrected chi connectivity index (χ3v) is 2.73. The molecule has 4 nitrogen and oxygen atoms in total. The minimum Gasteiger partial charge on any atom is -0.472 e. The van der Waals surface area contributed by atoms with Crippen LogP contribution in [0.1, 0.15) is 11.3 Å². The zero-order chi connectivity index (χ0) is 12.1. The zero-order valence-electron chi connectivity index (χ0n) is 9.14. The molecule has 0 aliphatic rings. The van der Waals surface area contributed by atoms with Crippen LogP contribution < -0.4 is 10.5 Å². The molecular formula is C12H12BrN3O. The minimum absolute atomic E-state index is 0.389. The van der Waals surface area contributed by atoms with Gasteiger partial charge in [0, 0.05) is 17.1 Å². The summed E-state index contributed by atoms with van der Waals surface area (Å²) in [7, 11) is 0. The SMILES string of the molecule is NCc1ccc(OCc2ccc(Br)cc2)nn1. The predicted molar refractivity (Wildman–Crippen MR) is 68.4 cm³/mol. The highest BCUT2D eigenvalue weighted by atomic mass is 79.9. The first kappa shape index (κ1) is 12.0. The van der Waals surface area contributed by atoms with Gasteiger partial charge in [0.05, 0.1) is 5.69 Å². The van der Waals surface area contributed by atoms with Gasteiger partial charge in [-0.15, -0.1) is 5.10 Å². The van der Waals surface area contributed by atoms with Crippen molar-refractivity contribution < 1.29 is 4.74 Å². The topological polar surface area (TPSA) is 61.0 Å². The fourth-order valence-electron chi connectivity index (χ4n) is 1.27. The lowest BCUT2D eigenvalue weighted by molar-refractivity contribution is 0.290. The second-order valence-electron chi connectivity index (χ2n) is 3.48. The smallest absolute Gasteiger partial charge is 0.233 e. The summed E-state index contributed by atoms with van der Waals surface area (Å²) in [5, 5.41) is 7.84. The van der Waals surface area contributed by atoms with Gasteiger partial charge in [-0.05, 0) is 23.8 Å². The van der Waals surface area contributed by atoms with Crippen LogP contribution in [0, 0.1) is 0 Å². The molecule has 0 atom stereocenters. The van der Waals surface area contributed by atoms with Gasteiger partial charge in [0.2, 0.25) is 5.88 Å². The third-order valence-electron chi connectivity index (χ3n) is 2.20. The van der Waals surface area contributed by atoms with Crippen molar-refractivity contribution in [1.29, 1.82) is 0 Å². The summed E-state index contributed by atoms with van der Waals surface area (Å²) in [6.07, 6.45) is 0. The van der Waals surface area contributed by atoms with Crippen molar-refractivity contribution in [2.75, 3.05) is 0 Å². The fraction of sp³-hybridized carbons (Fsp3) is 0.167. The molecule has 0 saturated heterocycles. The van der Waals surface area contributed by atoms with Crippen LogP contribution in [-0.4, -0.2) is 10.2 Å². The normalized spacial score (nSPS) is 10.2. The van der Waals surface area contributed by atoms with E-state index in [-0.39, 0.29) is 0 Å². The summed E-state index contributed by atoms with van der Waals surface area (Å²) in [6, 6.07) is 11.5. The highest BCUT2D eigenvalue weighted by Gasteiger charge is 1.98. The zero-order valence-corrected chi connectivity index (χ0v) is 10.7. The van der Waals surface area contributed by atoms with Gasteiger partial charge in [-0.2, -0.15) is 5.10 Å². The van der Waals surface area contributed by atoms with Gasteiger partial charge >= 0.3 is 0 Å². The van der Waals surface area contributed by atoms with Crippen LogP contribution in [-0.2, 0) is 13.2 Å². The predicted octanol–water partition coefficient (Wildman–Crippen LogP) is 2.28. The van der Waals surface area contributed by atoms with E-state index in [1.165, 1.54) is 0 Å². The Morgan fingerprint density at radius 3 is 2.41 bits per heavy atom. The van der Waals surface area contributed by atoms with Crippen LogP contribution in [0.25, 0.3) is 0 Å². The molecule has 2 N–H and O–H groups in total. The van der Waals surface area contributed by atoms with Crippen LogP contribution >= 0.6 is 15.9 Å². The molecule has 0 bridgehead atoms. The maximum absolute atomic E-state index is 5.50. The molecule has 0 radical (unpaired) electrons. The Balaban J connectivity index is 1.95. The van der Waals surface area contributed by atoms with Gasteiger partial charge in [-0.25, -0.2) is 0 Å². The van der Waals surface area contributed by atoms with Gasteiger partial charge in [-0.3, -0.25) is 0 Å². The summed E-state index contributed by atoms with van der Waals surface area (Å²) in [4.78, 5) is 0. The van der Waals surface area contributed by atoms with E-state index in [1.54, 1.807) is 6.07 Å². The van der Waals surface area contributed by atoms with Crippen LogP contribution in [0.15, 0.2) is 40.9 Å². The van der Waals surface area contributed by atoms with Gasteiger partial charge < -0.3 is 10.5 Å². The van der Waals surface area contributed by atoms with Crippen LogP contribution in [0.4, 0.5) is 0 Å². The molecule has 0 saturated carbocycles. The van der Waals surface area contributed by atoms with E-state index in [0.717, 1.165) is 15.7 Å². The van der Waals surface area contributed by atoms with E-state index in [9.17, 15) is 0 Å². The molecule has 0 aliphatic carbocycles. The first-order valence-corrected chi connectivity index (χ1v) is 5.97. The van der Waals surface area contributed by atoms with Crippen molar-refractivity contribution in [2.24, 2.45) is 5.73 Å². The molecule has 0 fully saturated rings. The molecule has 0 amide bonds. The summed E-state index contributed by atoms with van der Waals surface area (Å²) in [6.45, 7) is 0.865. The van der Waals surface area contributed by atoms with Crippen molar-refractivity contribution in [2.45, 2.75) is 13.2 Å². The van der Waals surface area contributed by atoms with Gasteiger partial charge in [0.1, 0.15) is 6.61 Å². The lowest BCUT2D eigenvalue weighted by Crippen LogP contribution is -2.03. The standard InChI is InChI=1S/C12H12BrN3O/c13-10-3-1-9(2-4-10)8-17-12-6-5-11(7-14)15-16-12/h1-6H,7-8,14H2.